The molecular formula is C17H16N2O2. The first-order valence-corrected chi connectivity index (χ1v) is 6.59. The maximum absolute atomic E-state index is 12.0. The van der Waals surface area contributed by atoms with Gasteiger partial charge in [0.25, 0.3) is 0 Å². The number of nitrogens with zero attached hydrogens (tertiary/aromatic N) is 1. The average molecular weight is 280 g/mol. The Morgan fingerprint density at radius 2 is 1.57 bits per heavy atom. The molecule has 21 heavy (non-hydrogen) atoms. The first-order chi connectivity index (χ1) is 10.3. The highest BCUT2D eigenvalue weighted by Gasteiger charge is 2.25. The summed E-state index contributed by atoms with van der Waals surface area (Å²) >= 11 is 0. The van der Waals surface area contributed by atoms with Crippen LogP contribution in [-0.4, -0.2) is 13.1 Å². The summed E-state index contributed by atoms with van der Waals surface area (Å²) in [5, 5.41) is 12.4. The summed E-state index contributed by atoms with van der Waals surface area (Å²) in [6.45, 7) is 0. The Kier molecular flexibility index (Phi) is 5.08. The molecule has 0 aromatic heterocycles. The number of rotatable bonds is 5. The van der Waals surface area contributed by atoms with Crippen molar-refractivity contribution >= 4 is 5.97 Å². The molecule has 0 saturated heterocycles. The normalized spacial score (nSPS) is 13.0. The van der Waals surface area contributed by atoms with Crippen LogP contribution in [0.2, 0.25) is 0 Å². The molecule has 0 aliphatic carbocycles. The van der Waals surface area contributed by atoms with Gasteiger partial charge in [-0.25, -0.2) is 4.79 Å². The molecule has 2 rings (SSSR count). The molecule has 0 unspecified atom stereocenters. The van der Waals surface area contributed by atoms with Gasteiger partial charge in [-0.3, -0.25) is 5.32 Å². The van der Waals surface area contributed by atoms with E-state index in [1.807, 2.05) is 60.7 Å². The van der Waals surface area contributed by atoms with Gasteiger partial charge < -0.3 is 4.74 Å². The zero-order valence-corrected chi connectivity index (χ0v) is 11.7. The minimum atomic E-state index is -0.680. The van der Waals surface area contributed by atoms with Crippen molar-refractivity contribution in [1.29, 1.82) is 5.26 Å². The van der Waals surface area contributed by atoms with Crippen LogP contribution in [0.15, 0.2) is 60.7 Å². The third-order valence-electron chi connectivity index (χ3n) is 3.17. The zero-order valence-electron chi connectivity index (χ0n) is 11.7. The summed E-state index contributed by atoms with van der Waals surface area (Å²) in [5.41, 5.74) is 1.57. The number of nitriles is 1. The van der Waals surface area contributed by atoms with Gasteiger partial charge in [0.15, 0.2) is 0 Å². The van der Waals surface area contributed by atoms with Gasteiger partial charge in [-0.05, 0) is 11.1 Å². The van der Waals surface area contributed by atoms with Crippen LogP contribution in [0.4, 0.5) is 0 Å². The second-order valence-electron chi connectivity index (χ2n) is 4.51. The molecule has 0 amide bonds. The molecule has 0 saturated carbocycles. The Hall–Kier alpha value is -2.64. The highest BCUT2D eigenvalue weighted by Crippen LogP contribution is 2.20. The topological polar surface area (TPSA) is 62.1 Å². The Morgan fingerprint density at radius 1 is 1.05 bits per heavy atom. The van der Waals surface area contributed by atoms with Gasteiger partial charge in [0.1, 0.15) is 12.1 Å². The molecule has 4 nitrogen and oxygen atoms in total. The first-order valence-electron chi connectivity index (χ1n) is 6.59. The summed E-state index contributed by atoms with van der Waals surface area (Å²) in [5.74, 6) is -0.419. The molecule has 0 aliphatic rings. The van der Waals surface area contributed by atoms with Gasteiger partial charge >= 0.3 is 5.97 Å². The van der Waals surface area contributed by atoms with Crippen LogP contribution in [0.3, 0.4) is 0 Å². The van der Waals surface area contributed by atoms with Crippen molar-refractivity contribution in [1.82, 2.24) is 5.32 Å². The van der Waals surface area contributed by atoms with Gasteiger partial charge in [0.2, 0.25) is 0 Å². The SMILES string of the molecule is COC(=O)[C@@H](N[C@@H](C#N)c1ccccc1)c1ccccc1. The van der Waals surface area contributed by atoms with Crippen LogP contribution >= 0.6 is 0 Å². The number of benzene rings is 2. The van der Waals surface area contributed by atoms with Gasteiger partial charge in [0.05, 0.1) is 13.2 Å². The molecular weight excluding hydrogens is 264 g/mol. The van der Waals surface area contributed by atoms with Crippen molar-refractivity contribution in [3.63, 3.8) is 0 Å². The van der Waals surface area contributed by atoms with Crippen LogP contribution in [-0.2, 0) is 9.53 Å². The first kappa shape index (κ1) is 14.8. The van der Waals surface area contributed by atoms with E-state index in [2.05, 4.69) is 11.4 Å². The number of ether oxygens (including phenoxy) is 1. The number of hydrogen-bond acceptors (Lipinski definition) is 4. The van der Waals surface area contributed by atoms with Crippen LogP contribution < -0.4 is 5.32 Å². The van der Waals surface area contributed by atoms with Crippen molar-refractivity contribution in [3.8, 4) is 6.07 Å². The largest absolute Gasteiger partial charge is 0.468 e. The molecule has 2 aromatic carbocycles. The quantitative estimate of drug-likeness (QED) is 0.855. The summed E-state index contributed by atoms with van der Waals surface area (Å²) in [7, 11) is 1.34. The molecule has 0 spiro atoms. The Morgan fingerprint density at radius 3 is 2.05 bits per heavy atom. The Balaban J connectivity index is 2.27. The molecule has 106 valence electrons. The van der Waals surface area contributed by atoms with Crippen molar-refractivity contribution in [2.24, 2.45) is 0 Å². The van der Waals surface area contributed by atoms with E-state index in [0.29, 0.717) is 0 Å². The van der Waals surface area contributed by atoms with Gasteiger partial charge in [0, 0.05) is 0 Å². The smallest absolute Gasteiger partial charge is 0.327 e. The summed E-state index contributed by atoms with van der Waals surface area (Å²) in [6, 6.07) is 19.4. The lowest BCUT2D eigenvalue weighted by Gasteiger charge is -2.20. The predicted octanol–water partition coefficient (Wildman–Crippen LogP) is 2.76. The summed E-state index contributed by atoms with van der Waals surface area (Å²) < 4.78 is 4.84. The Bertz CT molecular complexity index is 620. The van der Waals surface area contributed by atoms with Crippen molar-refractivity contribution in [3.05, 3.63) is 71.8 Å². The predicted molar refractivity (Wildman–Crippen MR) is 79.1 cm³/mol. The van der Waals surface area contributed by atoms with E-state index < -0.39 is 18.1 Å². The molecule has 0 bridgehead atoms. The average Bonchev–Trinajstić information content (AvgIpc) is 2.57. The van der Waals surface area contributed by atoms with E-state index >= 15 is 0 Å². The van der Waals surface area contributed by atoms with E-state index in [9.17, 15) is 10.1 Å². The lowest BCUT2D eigenvalue weighted by atomic mass is 10.0. The number of esters is 1. The van der Waals surface area contributed by atoms with E-state index in [4.69, 9.17) is 4.74 Å². The fraction of sp³-hybridized carbons (Fsp3) is 0.176. The third-order valence-corrected chi connectivity index (χ3v) is 3.17. The fourth-order valence-electron chi connectivity index (χ4n) is 2.08. The molecule has 2 atom stereocenters. The minimum absolute atomic E-state index is 0.419. The van der Waals surface area contributed by atoms with Crippen LogP contribution in [0, 0.1) is 11.3 Å². The lowest BCUT2D eigenvalue weighted by molar-refractivity contribution is -0.143. The molecule has 1 N–H and O–H groups in total. The summed E-state index contributed by atoms with van der Waals surface area (Å²) in [6.07, 6.45) is 0. The van der Waals surface area contributed by atoms with E-state index in [0.717, 1.165) is 11.1 Å². The zero-order chi connectivity index (χ0) is 15.1. The van der Waals surface area contributed by atoms with E-state index in [-0.39, 0.29) is 0 Å². The minimum Gasteiger partial charge on any atom is -0.468 e. The number of carbonyl (C=O) groups excluding carboxylic acids is 1. The van der Waals surface area contributed by atoms with Crippen molar-refractivity contribution in [2.75, 3.05) is 7.11 Å². The van der Waals surface area contributed by atoms with E-state index in [1.165, 1.54) is 7.11 Å². The maximum Gasteiger partial charge on any atom is 0.327 e. The van der Waals surface area contributed by atoms with Crippen molar-refractivity contribution < 1.29 is 9.53 Å². The van der Waals surface area contributed by atoms with Crippen LogP contribution in [0.5, 0.6) is 0 Å². The van der Waals surface area contributed by atoms with Crippen molar-refractivity contribution in [2.45, 2.75) is 12.1 Å². The number of carbonyl (C=O) groups is 1. The molecule has 4 heteroatoms. The third kappa shape index (κ3) is 3.68. The molecule has 0 radical (unpaired) electrons. The second kappa shape index (κ2) is 7.22. The van der Waals surface area contributed by atoms with Crippen LogP contribution in [0.25, 0.3) is 0 Å². The highest BCUT2D eigenvalue weighted by atomic mass is 16.5. The molecule has 2 aromatic rings. The lowest BCUT2D eigenvalue weighted by Crippen LogP contribution is -2.32. The monoisotopic (exact) mass is 280 g/mol. The molecule has 0 aliphatic heterocycles. The highest BCUT2D eigenvalue weighted by molar-refractivity contribution is 5.77. The van der Waals surface area contributed by atoms with Gasteiger partial charge in [-0.2, -0.15) is 5.26 Å². The van der Waals surface area contributed by atoms with Crippen LogP contribution in [0.1, 0.15) is 23.2 Å². The standard InChI is InChI=1S/C17H16N2O2/c1-21-17(20)16(14-10-6-3-7-11-14)19-15(12-18)13-8-4-2-5-9-13/h2-11,15-16,19H,1H3/t15-,16-/m0/s1. The fourth-order valence-corrected chi connectivity index (χ4v) is 2.08. The van der Waals surface area contributed by atoms with E-state index in [1.54, 1.807) is 0 Å². The number of nitrogens with one attached hydrogen (secondary N) is 1. The van der Waals surface area contributed by atoms with Gasteiger partial charge in [-0.15, -0.1) is 0 Å². The second-order valence-corrected chi connectivity index (χ2v) is 4.51. The number of hydrogen-bond donors (Lipinski definition) is 1. The molecule has 0 heterocycles. The van der Waals surface area contributed by atoms with Gasteiger partial charge in [-0.1, -0.05) is 60.7 Å². The summed E-state index contributed by atoms with van der Waals surface area (Å²) in [4.78, 5) is 12.0. The Labute approximate surface area is 124 Å². The molecule has 0 fully saturated rings. The maximum atomic E-state index is 12.0. The number of methoxy groups -OCH3 is 1.